The highest BCUT2D eigenvalue weighted by molar-refractivity contribution is 5.77. The Balaban J connectivity index is 1.73. The summed E-state index contributed by atoms with van der Waals surface area (Å²) in [5, 5.41) is 4.25. The summed E-state index contributed by atoms with van der Waals surface area (Å²) in [6.45, 7) is 2.67. The quantitative estimate of drug-likeness (QED) is 0.765. The minimum absolute atomic E-state index is 0.0706. The zero-order valence-corrected chi connectivity index (χ0v) is 14.3. The van der Waals surface area contributed by atoms with Gasteiger partial charge in [-0.05, 0) is 13.1 Å². The molecule has 1 unspecified atom stereocenters. The van der Waals surface area contributed by atoms with Crippen LogP contribution < -0.4 is 10.6 Å². The molecule has 3 aromatic heterocycles. The van der Waals surface area contributed by atoms with Crippen LogP contribution in [0.5, 0.6) is 0 Å². The molecule has 0 aliphatic carbocycles. The number of likely N-dealkylation sites (N-methyl/N-ethyl adjacent to an activating group) is 1. The van der Waals surface area contributed by atoms with E-state index < -0.39 is 0 Å². The second kappa shape index (κ2) is 6.30. The third-order valence-electron chi connectivity index (χ3n) is 4.64. The summed E-state index contributed by atoms with van der Waals surface area (Å²) >= 11 is 0. The van der Waals surface area contributed by atoms with Gasteiger partial charge in [-0.2, -0.15) is 0 Å². The summed E-state index contributed by atoms with van der Waals surface area (Å²) in [5.41, 5.74) is 9.57. The molecule has 25 heavy (non-hydrogen) atoms. The van der Waals surface area contributed by atoms with Crippen molar-refractivity contribution in [3.63, 3.8) is 0 Å². The Bertz CT molecular complexity index is 894. The van der Waals surface area contributed by atoms with Crippen molar-refractivity contribution in [1.82, 2.24) is 24.5 Å². The topological polar surface area (TPSA) is 84.8 Å². The predicted molar refractivity (Wildman–Crippen MR) is 96.3 cm³/mol. The van der Waals surface area contributed by atoms with Crippen molar-refractivity contribution in [3.05, 3.63) is 36.9 Å². The van der Waals surface area contributed by atoms with E-state index in [0.717, 1.165) is 42.1 Å². The fourth-order valence-electron chi connectivity index (χ4n) is 3.23. The number of anilines is 2. The highest BCUT2D eigenvalue weighted by atomic mass is 16.5. The molecule has 1 aliphatic rings. The summed E-state index contributed by atoms with van der Waals surface area (Å²) in [7, 11) is 3.83. The molecule has 0 aromatic carbocycles. The molecule has 4 heterocycles. The molecule has 0 saturated carbocycles. The highest BCUT2D eigenvalue weighted by Crippen LogP contribution is 2.31. The number of piperazine rings is 1. The molecule has 130 valence electrons. The third kappa shape index (κ3) is 2.90. The van der Waals surface area contributed by atoms with Crippen LogP contribution in [0.1, 0.15) is 0 Å². The Morgan fingerprint density at radius 3 is 3.00 bits per heavy atom. The SMILES string of the molecule is COC1CN(c2ccncc2-c2cnc3cc(N)nn3c2)CCN1C. The van der Waals surface area contributed by atoms with Crippen molar-refractivity contribution >= 4 is 17.2 Å². The molecule has 1 aliphatic heterocycles. The maximum absolute atomic E-state index is 5.76. The number of hydrogen-bond donors (Lipinski definition) is 1. The summed E-state index contributed by atoms with van der Waals surface area (Å²) < 4.78 is 7.29. The van der Waals surface area contributed by atoms with Gasteiger partial charge in [0.05, 0.1) is 6.54 Å². The van der Waals surface area contributed by atoms with Gasteiger partial charge in [0.15, 0.2) is 5.65 Å². The van der Waals surface area contributed by atoms with E-state index in [1.807, 2.05) is 30.9 Å². The smallest absolute Gasteiger partial charge is 0.157 e. The zero-order valence-electron chi connectivity index (χ0n) is 14.3. The molecule has 1 fully saturated rings. The fraction of sp³-hybridized carbons (Fsp3) is 0.353. The van der Waals surface area contributed by atoms with Crippen LogP contribution in [-0.2, 0) is 4.74 Å². The van der Waals surface area contributed by atoms with Gasteiger partial charge < -0.3 is 15.4 Å². The normalized spacial score (nSPS) is 18.8. The van der Waals surface area contributed by atoms with Crippen LogP contribution in [-0.4, -0.2) is 64.5 Å². The maximum Gasteiger partial charge on any atom is 0.157 e. The van der Waals surface area contributed by atoms with Crippen LogP contribution >= 0.6 is 0 Å². The maximum atomic E-state index is 5.76. The first kappa shape index (κ1) is 15.8. The van der Waals surface area contributed by atoms with Crippen molar-refractivity contribution in [2.24, 2.45) is 0 Å². The van der Waals surface area contributed by atoms with E-state index in [0.29, 0.717) is 5.82 Å². The number of nitrogens with two attached hydrogens (primary N) is 1. The van der Waals surface area contributed by atoms with Gasteiger partial charge in [-0.3, -0.25) is 9.88 Å². The van der Waals surface area contributed by atoms with Gasteiger partial charge in [0, 0.05) is 67.9 Å². The van der Waals surface area contributed by atoms with E-state index in [-0.39, 0.29) is 6.23 Å². The van der Waals surface area contributed by atoms with Crippen molar-refractivity contribution in [3.8, 4) is 11.1 Å². The van der Waals surface area contributed by atoms with Crippen molar-refractivity contribution in [2.75, 3.05) is 44.4 Å². The Morgan fingerprint density at radius 1 is 1.28 bits per heavy atom. The van der Waals surface area contributed by atoms with Gasteiger partial charge in [0.25, 0.3) is 0 Å². The third-order valence-corrected chi connectivity index (χ3v) is 4.64. The molecule has 8 nitrogen and oxygen atoms in total. The van der Waals surface area contributed by atoms with Gasteiger partial charge in [-0.25, -0.2) is 9.50 Å². The molecule has 0 amide bonds. The van der Waals surface area contributed by atoms with E-state index >= 15 is 0 Å². The van der Waals surface area contributed by atoms with Crippen molar-refractivity contribution in [1.29, 1.82) is 0 Å². The summed E-state index contributed by atoms with van der Waals surface area (Å²) in [6, 6.07) is 3.78. The summed E-state index contributed by atoms with van der Waals surface area (Å²) in [4.78, 5) is 13.3. The number of ether oxygens (including phenoxy) is 1. The standard InChI is InChI=1S/C17H21N7O/c1-22-5-6-23(11-17(22)25-2)14-3-4-19-9-13(14)12-8-20-16-7-15(18)21-24(16)10-12/h3-4,7-10,17H,5-6,11H2,1-2H3,(H2,18,21). The monoisotopic (exact) mass is 339 g/mol. The molecule has 8 heteroatoms. The predicted octanol–water partition coefficient (Wildman–Crippen LogP) is 1.10. The number of nitrogens with zero attached hydrogens (tertiary/aromatic N) is 6. The molecule has 1 atom stereocenters. The number of hydrogen-bond acceptors (Lipinski definition) is 7. The Kier molecular flexibility index (Phi) is 3.98. The molecule has 0 bridgehead atoms. The second-order valence-electron chi connectivity index (χ2n) is 6.22. The first-order valence-electron chi connectivity index (χ1n) is 8.19. The summed E-state index contributed by atoms with van der Waals surface area (Å²) in [5.74, 6) is 0.457. The zero-order chi connectivity index (χ0) is 17.4. The molecule has 3 aromatic rings. The van der Waals surface area contributed by atoms with E-state index in [2.05, 4.69) is 31.9 Å². The van der Waals surface area contributed by atoms with E-state index in [1.54, 1.807) is 17.7 Å². The Morgan fingerprint density at radius 2 is 2.16 bits per heavy atom. The first-order chi connectivity index (χ1) is 12.2. The average molecular weight is 339 g/mol. The van der Waals surface area contributed by atoms with Crippen LogP contribution in [0.4, 0.5) is 11.5 Å². The van der Waals surface area contributed by atoms with Crippen LogP contribution in [0.25, 0.3) is 16.8 Å². The van der Waals surface area contributed by atoms with Crippen LogP contribution in [0.15, 0.2) is 36.9 Å². The number of rotatable bonds is 3. The van der Waals surface area contributed by atoms with Gasteiger partial charge in [-0.1, -0.05) is 0 Å². The molecule has 4 rings (SSSR count). The number of pyridine rings is 1. The largest absolute Gasteiger partial charge is 0.382 e. The summed E-state index contributed by atoms with van der Waals surface area (Å²) in [6.07, 6.45) is 7.52. The molecule has 0 spiro atoms. The number of methoxy groups -OCH3 is 1. The highest BCUT2D eigenvalue weighted by Gasteiger charge is 2.25. The molecule has 1 saturated heterocycles. The fourth-order valence-corrected chi connectivity index (χ4v) is 3.23. The Labute approximate surface area is 145 Å². The van der Waals surface area contributed by atoms with Crippen molar-refractivity contribution < 1.29 is 4.74 Å². The van der Waals surface area contributed by atoms with E-state index in [1.165, 1.54) is 0 Å². The lowest BCUT2D eigenvalue weighted by Gasteiger charge is -2.40. The van der Waals surface area contributed by atoms with Crippen molar-refractivity contribution in [2.45, 2.75) is 6.23 Å². The van der Waals surface area contributed by atoms with E-state index in [9.17, 15) is 0 Å². The minimum atomic E-state index is 0.0706. The van der Waals surface area contributed by atoms with Crippen LogP contribution in [0.3, 0.4) is 0 Å². The number of fused-ring (bicyclic) bond motifs is 1. The first-order valence-corrected chi connectivity index (χ1v) is 8.19. The van der Waals surface area contributed by atoms with Crippen LogP contribution in [0.2, 0.25) is 0 Å². The number of aromatic nitrogens is 4. The van der Waals surface area contributed by atoms with E-state index in [4.69, 9.17) is 10.5 Å². The molecule has 2 N–H and O–H groups in total. The lowest BCUT2D eigenvalue weighted by atomic mass is 10.1. The molecule has 0 radical (unpaired) electrons. The van der Waals surface area contributed by atoms with Gasteiger partial charge >= 0.3 is 0 Å². The number of nitrogen functional groups attached to an aromatic ring is 1. The van der Waals surface area contributed by atoms with Gasteiger partial charge in [0.1, 0.15) is 12.0 Å². The minimum Gasteiger partial charge on any atom is -0.382 e. The Hall–Kier alpha value is -2.71. The van der Waals surface area contributed by atoms with Gasteiger partial charge in [0.2, 0.25) is 0 Å². The lowest BCUT2D eigenvalue weighted by Crippen LogP contribution is -2.52. The van der Waals surface area contributed by atoms with Gasteiger partial charge in [-0.15, -0.1) is 5.10 Å². The van der Waals surface area contributed by atoms with Crippen LogP contribution in [0, 0.1) is 0 Å². The molecular weight excluding hydrogens is 318 g/mol. The molecular formula is C17H21N7O. The lowest BCUT2D eigenvalue weighted by molar-refractivity contribution is -0.0224. The second-order valence-corrected chi connectivity index (χ2v) is 6.22. The average Bonchev–Trinajstić information content (AvgIpc) is 3.01.